The number of aromatic nitrogens is 3. The van der Waals surface area contributed by atoms with E-state index >= 15 is 0 Å². The minimum Gasteiger partial charge on any atom is -0.347 e. The van der Waals surface area contributed by atoms with Gasteiger partial charge in [0.2, 0.25) is 0 Å². The maximum absolute atomic E-state index is 13.0. The van der Waals surface area contributed by atoms with Crippen LogP contribution in [0.25, 0.3) is 0 Å². The van der Waals surface area contributed by atoms with Gasteiger partial charge in [-0.15, -0.1) is 11.3 Å². The van der Waals surface area contributed by atoms with Gasteiger partial charge < -0.3 is 15.2 Å². The van der Waals surface area contributed by atoms with Crippen LogP contribution < -0.4 is 5.32 Å². The zero-order chi connectivity index (χ0) is 16.5. The zero-order valence-corrected chi connectivity index (χ0v) is 14.7. The zero-order valence-electron chi connectivity index (χ0n) is 13.9. The van der Waals surface area contributed by atoms with E-state index in [4.69, 9.17) is 0 Å². The number of rotatable bonds is 4. The van der Waals surface area contributed by atoms with E-state index in [1.165, 1.54) is 12.8 Å². The third-order valence-corrected chi connectivity index (χ3v) is 5.92. The van der Waals surface area contributed by atoms with Gasteiger partial charge in [0.25, 0.3) is 0 Å². The highest BCUT2D eigenvalue weighted by Gasteiger charge is 2.38. The van der Waals surface area contributed by atoms with Crippen LogP contribution in [0, 0.1) is 12.8 Å². The second kappa shape index (κ2) is 6.55. The number of likely N-dealkylation sites (tertiary alicyclic amines) is 1. The number of carbonyl (C=O) groups excluding carboxylic acids is 1. The SMILES string of the molecule is Cc1csc(C(NC(=O)N2CCCCC2c2ncc[nH]2)C2CC2)n1. The van der Waals surface area contributed by atoms with Crippen molar-refractivity contribution < 1.29 is 4.79 Å². The Morgan fingerprint density at radius 2 is 2.29 bits per heavy atom. The number of imidazole rings is 1. The molecule has 2 aromatic heterocycles. The number of carbonyl (C=O) groups is 1. The molecule has 1 aliphatic heterocycles. The van der Waals surface area contributed by atoms with Crippen LogP contribution in [0.2, 0.25) is 0 Å². The second-order valence-electron chi connectivity index (χ2n) is 6.77. The Hall–Kier alpha value is -1.89. The molecule has 2 amide bonds. The normalized spacial score (nSPS) is 22.4. The highest BCUT2D eigenvalue weighted by atomic mass is 32.1. The quantitative estimate of drug-likeness (QED) is 0.890. The van der Waals surface area contributed by atoms with Crippen molar-refractivity contribution in [2.45, 2.75) is 51.1 Å². The van der Waals surface area contributed by atoms with E-state index in [1.54, 1.807) is 17.5 Å². The fourth-order valence-corrected chi connectivity index (χ4v) is 4.40. The highest BCUT2D eigenvalue weighted by Crippen LogP contribution is 2.42. The number of hydrogen-bond donors (Lipinski definition) is 2. The molecule has 4 rings (SSSR count). The molecule has 128 valence electrons. The summed E-state index contributed by atoms with van der Waals surface area (Å²) in [4.78, 5) is 27.1. The van der Waals surface area contributed by atoms with Crippen LogP contribution >= 0.6 is 11.3 Å². The number of thiazole rings is 1. The van der Waals surface area contributed by atoms with Gasteiger partial charge in [0.15, 0.2) is 0 Å². The average molecular weight is 345 g/mol. The fraction of sp³-hybridized carbons (Fsp3) is 0.588. The maximum atomic E-state index is 13.0. The molecule has 3 heterocycles. The third-order valence-electron chi connectivity index (χ3n) is 4.87. The molecule has 2 unspecified atom stereocenters. The van der Waals surface area contributed by atoms with Gasteiger partial charge in [-0.2, -0.15) is 0 Å². The Bertz CT molecular complexity index is 694. The van der Waals surface area contributed by atoms with Crippen LogP contribution in [0.1, 0.15) is 60.7 Å². The summed E-state index contributed by atoms with van der Waals surface area (Å²) in [6.07, 6.45) is 9.07. The second-order valence-corrected chi connectivity index (χ2v) is 7.66. The van der Waals surface area contributed by atoms with E-state index < -0.39 is 0 Å². The molecule has 2 fully saturated rings. The van der Waals surface area contributed by atoms with Gasteiger partial charge in [-0.05, 0) is 44.9 Å². The van der Waals surface area contributed by atoms with Crippen molar-refractivity contribution in [2.75, 3.05) is 6.54 Å². The van der Waals surface area contributed by atoms with Crippen molar-refractivity contribution in [3.8, 4) is 0 Å². The minimum atomic E-state index is 0.0147. The van der Waals surface area contributed by atoms with Gasteiger partial charge >= 0.3 is 6.03 Å². The molecule has 7 heteroatoms. The molecular weight excluding hydrogens is 322 g/mol. The Kier molecular flexibility index (Phi) is 4.26. The van der Waals surface area contributed by atoms with E-state index in [-0.39, 0.29) is 18.1 Å². The van der Waals surface area contributed by atoms with Crippen LogP contribution in [-0.2, 0) is 0 Å². The molecule has 0 aromatic carbocycles. The summed E-state index contributed by atoms with van der Waals surface area (Å²) in [5.41, 5.74) is 1.03. The van der Waals surface area contributed by atoms with Crippen molar-refractivity contribution in [3.63, 3.8) is 0 Å². The summed E-state index contributed by atoms with van der Waals surface area (Å²) >= 11 is 1.65. The number of nitrogens with zero attached hydrogens (tertiary/aromatic N) is 3. The number of urea groups is 1. The molecule has 0 radical (unpaired) electrons. The minimum absolute atomic E-state index is 0.0147. The number of amides is 2. The highest BCUT2D eigenvalue weighted by molar-refractivity contribution is 7.09. The monoisotopic (exact) mass is 345 g/mol. The topological polar surface area (TPSA) is 73.9 Å². The van der Waals surface area contributed by atoms with E-state index in [0.717, 1.165) is 42.3 Å². The predicted molar refractivity (Wildman–Crippen MR) is 92.7 cm³/mol. The number of piperidine rings is 1. The standard InChI is InChI=1S/C17H23N5OS/c1-11-10-24-16(20-11)14(12-5-6-12)21-17(23)22-9-3-2-4-13(22)15-18-7-8-19-15/h7-8,10,12-14H,2-6,9H2,1H3,(H,18,19)(H,21,23). The molecule has 1 saturated carbocycles. The lowest BCUT2D eigenvalue weighted by Crippen LogP contribution is -2.46. The smallest absolute Gasteiger partial charge is 0.318 e. The van der Waals surface area contributed by atoms with E-state index in [1.807, 2.05) is 18.0 Å². The lowest BCUT2D eigenvalue weighted by atomic mass is 10.0. The first-order valence-electron chi connectivity index (χ1n) is 8.71. The van der Waals surface area contributed by atoms with Gasteiger partial charge in [-0.3, -0.25) is 0 Å². The van der Waals surface area contributed by atoms with E-state index in [2.05, 4.69) is 25.6 Å². The first-order chi connectivity index (χ1) is 11.7. The molecule has 6 nitrogen and oxygen atoms in total. The molecule has 0 spiro atoms. The Morgan fingerprint density at radius 3 is 2.96 bits per heavy atom. The predicted octanol–water partition coefficient (Wildman–Crippen LogP) is 3.56. The van der Waals surface area contributed by atoms with Crippen molar-refractivity contribution in [2.24, 2.45) is 5.92 Å². The number of nitrogens with one attached hydrogen (secondary N) is 2. The number of aromatic amines is 1. The molecule has 2 atom stereocenters. The Labute approximate surface area is 145 Å². The van der Waals surface area contributed by atoms with E-state index in [9.17, 15) is 4.79 Å². The molecule has 2 aromatic rings. The largest absolute Gasteiger partial charge is 0.347 e. The molecule has 1 saturated heterocycles. The molecule has 2 N–H and O–H groups in total. The third kappa shape index (κ3) is 3.17. The first-order valence-corrected chi connectivity index (χ1v) is 9.59. The van der Waals surface area contributed by atoms with Crippen LogP contribution in [0.3, 0.4) is 0 Å². The summed E-state index contributed by atoms with van der Waals surface area (Å²) < 4.78 is 0. The maximum Gasteiger partial charge on any atom is 0.318 e. The first kappa shape index (κ1) is 15.6. The molecular formula is C17H23N5OS. The number of hydrogen-bond acceptors (Lipinski definition) is 4. The van der Waals surface area contributed by atoms with Crippen molar-refractivity contribution in [3.05, 3.63) is 34.3 Å². The molecule has 0 bridgehead atoms. The summed E-state index contributed by atoms with van der Waals surface area (Å²) in [7, 11) is 0. The summed E-state index contributed by atoms with van der Waals surface area (Å²) in [5, 5.41) is 6.36. The van der Waals surface area contributed by atoms with Crippen LogP contribution in [0.5, 0.6) is 0 Å². The molecule has 24 heavy (non-hydrogen) atoms. The number of aryl methyl sites for hydroxylation is 1. The van der Waals surface area contributed by atoms with Crippen molar-refractivity contribution in [1.29, 1.82) is 0 Å². The van der Waals surface area contributed by atoms with Gasteiger partial charge in [0.1, 0.15) is 10.8 Å². The fourth-order valence-electron chi connectivity index (χ4n) is 3.46. The number of H-pyrrole nitrogens is 1. The lowest BCUT2D eigenvalue weighted by molar-refractivity contribution is 0.143. The van der Waals surface area contributed by atoms with Gasteiger partial charge in [0.05, 0.1) is 12.1 Å². The molecule has 1 aliphatic carbocycles. The summed E-state index contributed by atoms with van der Waals surface area (Å²) in [6.45, 7) is 2.79. The van der Waals surface area contributed by atoms with Crippen molar-refractivity contribution in [1.82, 2.24) is 25.2 Å². The van der Waals surface area contributed by atoms with Crippen LogP contribution in [-0.4, -0.2) is 32.4 Å². The van der Waals surface area contributed by atoms with Crippen LogP contribution in [0.4, 0.5) is 4.79 Å². The lowest BCUT2D eigenvalue weighted by Gasteiger charge is -2.35. The van der Waals surface area contributed by atoms with Gasteiger partial charge in [-0.1, -0.05) is 0 Å². The van der Waals surface area contributed by atoms with Crippen LogP contribution in [0.15, 0.2) is 17.8 Å². The Balaban J connectivity index is 1.51. The van der Waals surface area contributed by atoms with E-state index in [0.29, 0.717) is 5.92 Å². The average Bonchev–Trinajstić information content (AvgIpc) is 3.10. The summed E-state index contributed by atoms with van der Waals surface area (Å²) in [5.74, 6) is 1.42. The van der Waals surface area contributed by atoms with Crippen molar-refractivity contribution >= 4 is 17.4 Å². The summed E-state index contributed by atoms with van der Waals surface area (Å²) in [6, 6.07) is 0.114. The van der Waals surface area contributed by atoms with Gasteiger partial charge in [-0.25, -0.2) is 14.8 Å². The Morgan fingerprint density at radius 1 is 1.42 bits per heavy atom. The molecule has 2 aliphatic rings. The van der Waals surface area contributed by atoms with Gasteiger partial charge in [0, 0.05) is 30.0 Å².